The van der Waals surface area contributed by atoms with Crippen LogP contribution in [0.15, 0.2) is 36.4 Å². The molecule has 38 heavy (non-hydrogen) atoms. The Morgan fingerprint density at radius 2 is 1.63 bits per heavy atom. The van der Waals surface area contributed by atoms with E-state index < -0.39 is 47.0 Å². The second-order valence-electron chi connectivity index (χ2n) is 10.4. The zero-order valence-electron chi connectivity index (χ0n) is 22.3. The Balaban J connectivity index is 2.09. The topological polar surface area (TPSA) is 139 Å². The Labute approximate surface area is 220 Å². The second kappa shape index (κ2) is 11.8. The number of amides is 3. The van der Waals surface area contributed by atoms with Gasteiger partial charge in [0.15, 0.2) is 0 Å². The fourth-order valence-corrected chi connectivity index (χ4v) is 4.21. The first-order valence-corrected chi connectivity index (χ1v) is 12.1. The van der Waals surface area contributed by atoms with Crippen LogP contribution in [0.2, 0.25) is 0 Å². The molecular formula is C27H36F3N5O3. The summed E-state index contributed by atoms with van der Waals surface area (Å²) in [6.45, 7) is 9.60. The van der Waals surface area contributed by atoms with Gasteiger partial charge in [0, 0.05) is 17.8 Å². The largest absolute Gasteiger partial charge is 0.416 e. The van der Waals surface area contributed by atoms with Gasteiger partial charge in [-0.25, -0.2) is 0 Å². The van der Waals surface area contributed by atoms with Crippen molar-refractivity contribution in [1.82, 2.24) is 16.0 Å². The van der Waals surface area contributed by atoms with Crippen molar-refractivity contribution in [3.8, 4) is 0 Å². The van der Waals surface area contributed by atoms with Crippen LogP contribution >= 0.6 is 0 Å². The number of primary amides is 1. The van der Waals surface area contributed by atoms with E-state index in [0.29, 0.717) is 25.2 Å². The van der Waals surface area contributed by atoms with Gasteiger partial charge in [0.05, 0.1) is 12.1 Å². The highest BCUT2D eigenvalue weighted by molar-refractivity contribution is 5.98. The number of rotatable bonds is 10. The predicted octanol–water partition coefficient (Wildman–Crippen LogP) is 3.20. The van der Waals surface area contributed by atoms with Gasteiger partial charge in [-0.3, -0.25) is 14.4 Å². The van der Waals surface area contributed by atoms with E-state index in [-0.39, 0.29) is 17.7 Å². The summed E-state index contributed by atoms with van der Waals surface area (Å²) in [6, 6.07) is 8.53. The fraction of sp³-hybridized carbons (Fsp3) is 0.444. The summed E-state index contributed by atoms with van der Waals surface area (Å²) < 4.78 is 39.2. The van der Waals surface area contributed by atoms with Gasteiger partial charge >= 0.3 is 6.18 Å². The van der Waals surface area contributed by atoms with Crippen LogP contribution in [0.4, 0.5) is 18.9 Å². The van der Waals surface area contributed by atoms with Gasteiger partial charge < -0.3 is 27.4 Å². The standard InChI is InChI=1S/C27H36F3N5O3/c1-16-6-7-18(17(2)10-16)14-33-9-8-26(24(32)38,25(3,4)5)35-22(36)15-34-23(37)19-11-20(27(28,29)30)13-21(31)12-19/h6-7,10-13,33H,8-9,14-15,31H2,1-5H3,(H2,32,38)(H,34,37)(H,35,36). The maximum absolute atomic E-state index is 13.1. The molecule has 0 radical (unpaired) electrons. The highest BCUT2D eigenvalue weighted by Crippen LogP contribution is 2.33. The summed E-state index contributed by atoms with van der Waals surface area (Å²) in [5.41, 5.74) is 10.7. The highest BCUT2D eigenvalue weighted by Gasteiger charge is 2.48. The summed E-state index contributed by atoms with van der Waals surface area (Å²) in [7, 11) is 0. The molecule has 3 amide bonds. The number of halogens is 3. The molecule has 0 heterocycles. The molecule has 0 aliphatic carbocycles. The van der Waals surface area contributed by atoms with Crippen LogP contribution in [0.5, 0.6) is 0 Å². The first kappa shape index (κ1) is 30.6. The number of benzene rings is 2. The molecule has 2 rings (SSSR count). The molecule has 11 heteroatoms. The Kier molecular flexibility index (Phi) is 9.55. The summed E-state index contributed by atoms with van der Waals surface area (Å²) in [5.74, 6) is -2.39. The van der Waals surface area contributed by atoms with Gasteiger partial charge in [0.2, 0.25) is 11.8 Å². The Hall–Kier alpha value is -3.60. The van der Waals surface area contributed by atoms with Gasteiger partial charge in [0.1, 0.15) is 5.54 Å². The van der Waals surface area contributed by atoms with E-state index in [1.165, 1.54) is 0 Å². The Morgan fingerprint density at radius 1 is 0.974 bits per heavy atom. The molecule has 1 atom stereocenters. The minimum atomic E-state index is -4.69. The maximum Gasteiger partial charge on any atom is 0.416 e. The average Bonchev–Trinajstić information content (AvgIpc) is 2.78. The van der Waals surface area contributed by atoms with Crippen molar-refractivity contribution in [3.05, 3.63) is 64.2 Å². The lowest BCUT2D eigenvalue weighted by atomic mass is 9.70. The smallest absolute Gasteiger partial charge is 0.399 e. The molecule has 0 aromatic heterocycles. The van der Waals surface area contributed by atoms with Crippen molar-refractivity contribution < 1.29 is 27.6 Å². The van der Waals surface area contributed by atoms with Crippen LogP contribution in [-0.2, 0) is 22.3 Å². The third-order valence-electron chi connectivity index (χ3n) is 6.50. The Bertz CT molecular complexity index is 1190. The molecule has 8 nitrogen and oxygen atoms in total. The normalized spacial score (nSPS) is 13.5. The van der Waals surface area contributed by atoms with E-state index in [1.807, 2.05) is 26.0 Å². The first-order chi connectivity index (χ1) is 17.5. The molecule has 2 aromatic rings. The minimum Gasteiger partial charge on any atom is -0.399 e. The van der Waals surface area contributed by atoms with E-state index in [9.17, 15) is 27.6 Å². The zero-order valence-corrected chi connectivity index (χ0v) is 22.3. The molecule has 2 aromatic carbocycles. The van der Waals surface area contributed by atoms with Crippen molar-refractivity contribution >= 4 is 23.4 Å². The van der Waals surface area contributed by atoms with Gasteiger partial charge in [-0.15, -0.1) is 0 Å². The number of nitrogens with two attached hydrogens (primary N) is 2. The van der Waals surface area contributed by atoms with Crippen molar-refractivity contribution in [2.75, 3.05) is 18.8 Å². The highest BCUT2D eigenvalue weighted by atomic mass is 19.4. The lowest BCUT2D eigenvalue weighted by molar-refractivity contribution is -0.137. The van der Waals surface area contributed by atoms with Gasteiger partial charge in [-0.05, 0) is 61.6 Å². The molecule has 208 valence electrons. The second-order valence-corrected chi connectivity index (χ2v) is 10.4. The van der Waals surface area contributed by atoms with Crippen molar-refractivity contribution in [2.45, 2.75) is 59.3 Å². The molecule has 7 N–H and O–H groups in total. The molecule has 1 unspecified atom stereocenters. The van der Waals surface area contributed by atoms with Crippen LogP contribution in [0.1, 0.15) is 59.8 Å². The third kappa shape index (κ3) is 7.70. The number of alkyl halides is 3. The van der Waals surface area contributed by atoms with E-state index >= 15 is 0 Å². The van der Waals surface area contributed by atoms with Crippen molar-refractivity contribution in [1.29, 1.82) is 0 Å². The lowest BCUT2D eigenvalue weighted by Crippen LogP contribution is -2.66. The Morgan fingerprint density at radius 3 is 2.18 bits per heavy atom. The molecule has 0 aliphatic heterocycles. The molecule has 0 bridgehead atoms. The molecule has 0 aliphatic rings. The predicted molar refractivity (Wildman–Crippen MR) is 140 cm³/mol. The lowest BCUT2D eigenvalue weighted by Gasteiger charge is -2.43. The van der Waals surface area contributed by atoms with Crippen molar-refractivity contribution in [3.63, 3.8) is 0 Å². The SMILES string of the molecule is Cc1ccc(CNCCC(NC(=O)CNC(=O)c2cc(N)cc(C(F)(F)F)c2)(C(N)=O)C(C)(C)C)c(C)c1. The van der Waals surface area contributed by atoms with E-state index in [1.54, 1.807) is 20.8 Å². The number of nitrogens with one attached hydrogen (secondary N) is 3. The zero-order chi connectivity index (χ0) is 28.9. The molecule has 0 saturated carbocycles. The fourth-order valence-electron chi connectivity index (χ4n) is 4.21. The number of carbonyl (C=O) groups is 3. The number of anilines is 1. The number of hydrogen-bond donors (Lipinski definition) is 5. The van der Waals surface area contributed by atoms with E-state index in [2.05, 4.69) is 22.0 Å². The molecule has 0 fully saturated rings. The number of hydrogen-bond acceptors (Lipinski definition) is 5. The summed E-state index contributed by atoms with van der Waals surface area (Å²) >= 11 is 0. The first-order valence-electron chi connectivity index (χ1n) is 12.1. The van der Waals surface area contributed by atoms with Crippen LogP contribution in [0.25, 0.3) is 0 Å². The van der Waals surface area contributed by atoms with Crippen molar-refractivity contribution in [2.24, 2.45) is 11.1 Å². The number of carbonyl (C=O) groups excluding carboxylic acids is 3. The van der Waals surface area contributed by atoms with E-state index in [4.69, 9.17) is 11.5 Å². The van der Waals surface area contributed by atoms with Gasteiger partial charge in [0.25, 0.3) is 5.91 Å². The monoisotopic (exact) mass is 535 g/mol. The minimum absolute atomic E-state index is 0.167. The number of aryl methyl sites for hydroxylation is 2. The van der Waals surface area contributed by atoms with Crippen LogP contribution < -0.4 is 27.4 Å². The molecule has 0 saturated heterocycles. The molecule has 0 spiro atoms. The van der Waals surface area contributed by atoms with E-state index in [0.717, 1.165) is 22.8 Å². The quantitative estimate of drug-likeness (QED) is 0.235. The summed E-state index contributed by atoms with van der Waals surface area (Å²) in [4.78, 5) is 37.9. The number of nitrogen functional groups attached to an aromatic ring is 1. The van der Waals surface area contributed by atoms with Crippen LogP contribution in [-0.4, -0.2) is 36.3 Å². The van der Waals surface area contributed by atoms with Gasteiger partial charge in [-0.1, -0.05) is 44.5 Å². The summed E-state index contributed by atoms with van der Waals surface area (Å²) in [5, 5.41) is 8.22. The van der Waals surface area contributed by atoms with Crippen LogP contribution in [0, 0.1) is 19.3 Å². The summed E-state index contributed by atoms with van der Waals surface area (Å²) in [6.07, 6.45) is -4.53. The van der Waals surface area contributed by atoms with Gasteiger partial charge in [-0.2, -0.15) is 13.2 Å². The third-order valence-corrected chi connectivity index (χ3v) is 6.50. The maximum atomic E-state index is 13.1. The molecular weight excluding hydrogens is 499 g/mol. The average molecular weight is 536 g/mol. The van der Waals surface area contributed by atoms with Crippen LogP contribution in [0.3, 0.4) is 0 Å².